The minimum absolute atomic E-state index is 0. The van der Waals surface area contributed by atoms with Crippen LogP contribution in [-0.2, 0) is 17.1 Å². The van der Waals surface area contributed by atoms with E-state index in [2.05, 4.69) is 0 Å². The second kappa shape index (κ2) is 66.6. The van der Waals surface area contributed by atoms with Crippen molar-refractivity contribution < 1.29 is 57.6 Å². The van der Waals surface area contributed by atoms with Gasteiger partial charge in [-0.1, -0.05) is 0 Å². The molecule has 0 aromatic rings. The monoisotopic (exact) mass is 223 g/mol. The number of halogens is 4. The Morgan fingerprint density at radius 3 is 0.571 bits per heavy atom. The molecule has 7 heavy (non-hydrogen) atoms. The summed E-state index contributed by atoms with van der Waals surface area (Å²) in [5, 5.41) is 0. The zero-order valence-corrected chi connectivity index (χ0v) is 8.14. The zero-order valence-electron chi connectivity index (χ0n) is 5.93. The van der Waals surface area contributed by atoms with Gasteiger partial charge in [-0.15, -0.1) is 49.6 Å². The molecule has 0 aromatic carbocycles. The number of hydrogen-bond acceptors (Lipinski definition) is 0. The van der Waals surface area contributed by atoms with Crippen molar-refractivity contribution in [2.24, 2.45) is 0 Å². The standard InChI is InChI=1S/4ClH.Cu.2Li.2H/h4*1H;;;;;/q;;;;;2*+1;2*-1. The van der Waals surface area contributed by atoms with E-state index in [4.69, 9.17) is 0 Å². The fraction of sp³-hybridized carbons (Fsp3) is 0. The third-order valence-electron chi connectivity index (χ3n) is 0. The molecule has 0 aliphatic heterocycles. The van der Waals surface area contributed by atoms with E-state index in [1.807, 2.05) is 0 Å². The Labute approximate surface area is 106 Å². The molecule has 0 aliphatic carbocycles. The molecule has 0 aliphatic rings. The van der Waals surface area contributed by atoms with Crippen LogP contribution in [0.25, 0.3) is 0 Å². The van der Waals surface area contributed by atoms with Crippen molar-refractivity contribution in [1.82, 2.24) is 0 Å². The van der Waals surface area contributed by atoms with Gasteiger partial charge in [0.25, 0.3) is 0 Å². The molecule has 7 heteroatoms. The second-order valence-electron chi connectivity index (χ2n) is 0. The van der Waals surface area contributed by atoms with Crippen molar-refractivity contribution >= 4 is 49.6 Å². The molecule has 0 unspecified atom stereocenters. The van der Waals surface area contributed by atoms with Gasteiger partial charge < -0.3 is 2.85 Å². The molecule has 0 amide bonds. The van der Waals surface area contributed by atoms with Crippen molar-refractivity contribution in [1.29, 1.82) is 0 Å². The summed E-state index contributed by atoms with van der Waals surface area (Å²) in [5.41, 5.74) is 0. The normalized spacial score (nSPS) is 0. The summed E-state index contributed by atoms with van der Waals surface area (Å²) in [5.74, 6) is 0. The average molecular weight is 225 g/mol. The van der Waals surface area contributed by atoms with Crippen LogP contribution < -0.4 is 37.7 Å². The minimum atomic E-state index is 0. The van der Waals surface area contributed by atoms with Gasteiger partial charge in [0.2, 0.25) is 0 Å². The molecule has 0 saturated carbocycles. The van der Waals surface area contributed by atoms with E-state index in [1.54, 1.807) is 0 Å². The minimum Gasteiger partial charge on any atom is -1.00 e. The van der Waals surface area contributed by atoms with E-state index in [9.17, 15) is 0 Å². The molecule has 0 fully saturated rings. The molecule has 0 heterocycles. The van der Waals surface area contributed by atoms with E-state index in [1.165, 1.54) is 0 Å². The van der Waals surface area contributed by atoms with Crippen LogP contribution in [0.5, 0.6) is 0 Å². The van der Waals surface area contributed by atoms with Crippen LogP contribution in [0.15, 0.2) is 0 Å². The van der Waals surface area contributed by atoms with Crippen LogP contribution in [0.3, 0.4) is 0 Å². The summed E-state index contributed by atoms with van der Waals surface area (Å²) in [7, 11) is 0. The van der Waals surface area contributed by atoms with Crippen LogP contribution in [-0.4, -0.2) is 0 Å². The quantitative estimate of drug-likeness (QED) is 0.368. The maximum atomic E-state index is 0. The van der Waals surface area contributed by atoms with Crippen LogP contribution in [0.2, 0.25) is 0 Å². The Morgan fingerprint density at radius 2 is 0.571 bits per heavy atom. The Morgan fingerprint density at radius 1 is 0.571 bits per heavy atom. The van der Waals surface area contributed by atoms with Crippen LogP contribution >= 0.6 is 49.6 Å². The van der Waals surface area contributed by atoms with E-state index in [0.717, 1.165) is 0 Å². The van der Waals surface area contributed by atoms with E-state index in [-0.39, 0.29) is 107 Å². The SMILES string of the molecule is Cl.Cl.Cl.Cl.[Cu].[H-].[H-].[Li+].[Li+]. The molecule has 0 spiro atoms. The van der Waals surface area contributed by atoms with E-state index >= 15 is 0 Å². The molecule has 0 N–H and O–H groups in total. The molecule has 0 aromatic heterocycles. The summed E-state index contributed by atoms with van der Waals surface area (Å²) < 4.78 is 0. The molecule has 0 atom stereocenters. The first kappa shape index (κ1) is 94.1. The smallest absolute Gasteiger partial charge is 1.00 e. The van der Waals surface area contributed by atoms with Crippen molar-refractivity contribution in [3.05, 3.63) is 0 Å². The Balaban J connectivity index is 0. The van der Waals surface area contributed by atoms with E-state index in [0.29, 0.717) is 0 Å². The molecular weight excluding hydrogens is 219 g/mol. The van der Waals surface area contributed by atoms with Gasteiger partial charge in [-0.3, -0.25) is 0 Å². The van der Waals surface area contributed by atoms with Gasteiger partial charge in [0, 0.05) is 17.1 Å². The van der Waals surface area contributed by atoms with Gasteiger partial charge in [-0.25, -0.2) is 0 Å². The molecule has 1 radical (unpaired) electrons. The molecule has 0 saturated heterocycles. The largest absolute Gasteiger partial charge is 1.00 e. The Hall–Kier alpha value is 2.87. The molecule has 0 rings (SSSR count). The Bertz CT molecular complexity index is 16.5. The zero-order chi connectivity index (χ0) is 0. The van der Waals surface area contributed by atoms with Gasteiger partial charge in [-0.2, -0.15) is 0 Å². The Kier molecular flexibility index (Phi) is 896. The first-order valence-electron chi connectivity index (χ1n) is 0. The predicted molar refractivity (Wildman–Crippen MR) is 31.2 cm³/mol. The average Bonchev–Trinajstić information content (AvgIpc) is 0. The predicted octanol–water partition coefficient (Wildman–Crippen LogP) is -4.08. The van der Waals surface area contributed by atoms with Crippen LogP contribution in [0, 0.1) is 0 Å². The molecular formula is H6Cl4CuLi2. The maximum Gasteiger partial charge on any atom is 1.00 e. The summed E-state index contributed by atoms with van der Waals surface area (Å²) in [6.45, 7) is 0. The molecule has 0 bridgehead atoms. The first-order valence-corrected chi connectivity index (χ1v) is 0. The summed E-state index contributed by atoms with van der Waals surface area (Å²) >= 11 is 0. The molecule has 47 valence electrons. The third kappa shape index (κ3) is 50.8. The first-order chi connectivity index (χ1) is 0. The topological polar surface area (TPSA) is 0 Å². The van der Waals surface area contributed by atoms with Crippen molar-refractivity contribution in [3.63, 3.8) is 0 Å². The summed E-state index contributed by atoms with van der Waals surface area (Å²) in [4.78, 5) is 0. The summed E-state index contributed by atoms with van der Waals surface area (Å²) in [6.07, 6.45) is 0. The maximum absolute atomic E-state index is 0. The van der Waals surface area contributed by atoms with Gasteiger partial charge in [0.1, 0.15) is 0 Å². The third-order valence-corrected chi connectivity index (χ3v) is 0. The van der Waals surface area contributed by atoms with Crippen LogP contribution in [0.4, 0.5) is 0 Å². The van der Waals surface area contributed by atoms with Crippen LogP contribution in [0.1, 0.15) is 2.85 Å². The van der Waals surface area contributed by atoms with Gasteiger partial charge in [-0.05, 0) is 0 Å². The molecule has 0 nitrogen and oxygen atoms in total. The van der Waals surface area contributed by atoms with Gasteiger partial charge in [0.15, 0.2) is 0 Å². The van der Waals surface area contributed by atoms with Crippen molar-refractivity contribution in [2.45, 2.75) is 0 Å². The van der Waals surface area contributed by atoms with Gasteiger partial charge >= 0.3 is 37.7 Å². The second-order valence-corrected chi connectivity index (χ2v) is 0. The number of hydrogen-bond donors (Lipinski definition) is 0. The fourth-order valence-electron chi connectivity index (χ4n) is 0. The van der Waals surface area contributed by atoms with Crippen molar-refractivity contribution in [3.8, 4) is 0 Å². The fourth-order valence-corrected chi connectivity index (χ4v) is 0. The van der Waals surface area contributed by atoms with Gasteiger partial charge in [0.05, 0.1) is 0 Å². The number of rotatable bonds is 0. The van der Waals surface area contributed by atoms with Crippen molar-refractivity contribution in [2.75, 3.05) is 0 Å². The van der Waals surface area contributed by atoms with E-state index < -0.39 is 0 Å². The summed E-state index contributed by atoms with van der Waals surface area (Å²) in [6, 6.07) is 0.